The normalized spacial score (nSPS) is 12.3. The number of aryl methyl sites for hydroxylation is 1. The van der Waals surface area contributed by atoms with E-state index in [2.05, 4.69) is 20.4 Å². The molecule has 1 aromatic carbocycles. The van der Waals surface area contributed by atoms with Crippen LogP contribution in [0, 0.1) is 10.1 Å². The van der Waals surface area contributed by atoms with Gasteiger partial charge in [-0.05, 0) is 16.9 Å². The molecule has 27 heavy (non-hydrogen) atoms. The number of hydrogen-bond acceptors (Lipinski definition) is 8. The van der Waals surface area contributed by atoms with E-state index < -0.39 is 11.0 Å². The van der Waals surface area contributed by atoms with Crippen LogP contribution >= 0.6 is 11.3 Å². The summed E-state index contributed by atoms with van der Waals surface area (Å²) in [6, 6.07) is 8.95. The second-order valence-electron chi connectivity index (χ2n) is 5.88. The van der Waals surface area contributed by atoms with Gasteiger partial charge in [0.05, 0.1) is 0 Å². The Hall–Kier alpha value is -3.27. The topological polar surface area (TPSA) is 111 Å². The standard InChI is InChI=1S/C17H16N6O3S/c1-2-6-12-18-14(21-26-12)13(11-7-4-3-5-8-11)19-15-16(23(24)25)22-9-10-27-17(22)20-15/h3-5,7-10,13,19H,2,6H2,1H3. The fraction of sp³-hybridized carbons (Fsp3) is 0.235. The summed E-state index contributed by atoms with van der Waals surface area (Å²) in [5, 5.41) is 20.6. The van der Waals surface area contributed by atoms with E-state index in [4.69, 9.17) is 4.52 Å². The third-order valence-corrected chi connectivity index (χ3v) is 4.79. The number of imidazole rings is 1. The average molecular weight is 384 g/mol. The maximum Gasteiger partial charge on any atom is 0.372 e. The van der Waals surface area contributed by atoms with E-state index in [1.54, 1.807) is 11.6 Å². The summed E-state index contributed by atoms with van der Waals surface area (Å²) < 4.78 is 6.76. The van der Waals surface area contributed by atoms with Crippen molar-refractivity contribution in [3.63, 3.8) is 0 Å². The number of hydrogen-bond donors (Lipinski definition) is 1. The molecule has 0 saturated heterocycles. The van der Waals surface area contributed by atoms with Crippen molar-refractivity contribution in [1.82, 2.24) is 19.5 Å². The van der Waals surface area contributed by atoms with Crippen LogP contribution < -0.4 is 5.32 Å². The molecule has 3 heterocycles. The SMILES string of the molecule is CCCc1nc(C(Nc2nc3sccn3c2[N+](=O)[O-])c2ccccc2)no1. The van der Waals surface area contributed by atoms with Crippen molar-refractivity contribution in [2.45, 2.75) is 25.8 Å². The summed E-state index contributed by atoms with van der Waals surface area (Å²) in [5.74, 6) is 0.998. The lowest BCUT2D eigenvalue weighted by Crippen LogP contribution is -2.15. The highest BCUT2D eigenvalue weighted by molar-refractivity contribution is 7.15. The fourth-order valence-electron chi connectivity index (χ4n) is 2.82. The lowest BCUT2D eigenvalue weighted by atomic mass is 10.1. The minimum Gasteiger partial charge on any atom is -0.358 e. The first kappa shape index (κ1) is 17.2. The van der Waals surface area contributed by atoms with Gasteiger partial charge in [0.15, 0.2) is 5.82 Å². The monoisotopic (exact) mass is 384 g/mol. The molecule has 0 saturated carbocycles. The van der Waals surface area contributed by atoms with Crippen molar-refractivity contribution in [2.24, 2.45) is 0 Å². The number of nitro groups is 1. The zero-order valence-electron chi connectivity index (χ0n) is 14.4. The first-order chi connectivity index (χ1) is 13.2. The number of fused-ring (bicyclic) bond motifs is 1. The molecule has 4 rings (SSSR count). The van der Waals surface area contributed by atoms with Crippen molar-refractivity contribution in [3.05, 3.63) is 69.3 Å². The van der Waals surface area contributed by atoms with E-state index in [9.17, 15) is 10.1 Å². The molecule has 1 unspecified atom stereocenters. The van der Waals surface area contributed by atoms with Crippen molar-refractivity contribution < 1.29 is 9.45 Å². The number of thiazole rings is 1. The quantitative estimate of drug-likeness (QED) is 0.380. The van der Waals surface area contributed by atoms with Gasteiger partial charge in [0, 0.05) is 11.8 Å². The fourth-order valence-corrected chi connectivity index (χ4v) is 3.53. The first-order valence-electron chi connectivity index (χ1n) is 8.41. The van der Waals surface area contributed by atoms with Crippen LogP contribution in [0.3, 0.4) is 0 Å². The van der Waals surface area contributed by atoms with Gasteiger partial charge in [-0.15, -0.1) is 0 Å². The Balaban J connectivity index is 1.76. The van der Waals surface area contributed by atoms with Gasteiger partial charge < -0.3 is 20.0 Å². The molecule has 0 aliphatic rings. The number of benzene rings is 1. The molecule has 138 valence electrons. The summed E-state index contributed by atoms with van der Waals surface area (Å²) in [6.07, 6.45) is 3.18. The Morgan fingerprint density at radius 3 is 2.89 bits per heavy atom. The van der Waals surface area contributed by atoms with Gasteiger partial charge in [0.2, 0.25) is 11.7 Å². The first-order valence-corrected chi connectivity index (χ1v) is 9.29. The number of aromatic nitrogens is 4. The number of nitrogens with zero attached hydrogens (tertiary/aromatic N) is 5. The number of nitrogens with one attached hydrogen (secondary N) is 1. The van der Waals surface area contributed by atoms with E-state index in [0.717, 1.165) is 12.0 Å². The Labute approximate surface area is 157 Å². The van der Waals surface area contributed by atoms with Gasteiger partial charge >= 0.3 is 5.82 Å². The van der Waals surface area contributed by atoms with Gasteiger partial charge in [-0.1, -0.05) is 53.7 Å². The van der Waals surface area contributed by atoms with Gasteiger partial charge in [-0.25, -0.2) is 0 Å². The summed E-state index contributed by atoms with van der Waals surface area (Å²) >= 11 is 1.33. The van der Waals surface area contributed by atoms with E-state index in [-0.39, 0.29) is 11.6 Å². The molecule has 0 fully saturated rings. The van der Waals surface area contributed by atoms with Gasteiger partial charge in [-0.2, -0.15) is 14.4 Å². The molecule has 0 bridgehead atoms. The molecular weight excluding hydrogens is 368 g/mol. The molecule has 9 nitrogen and oxygen atoms in total. The van der Waals surface area contributed by atoms with Crippen LogP contribution in [0.4, 0.5) is 11.6 Å². The highest BCUT2D eigenvalue weighted by atomic mass is 32.1. The zero-order chi connectivity index (χ0) is 18.8. The van der Waals surface area contributed by atoms with Crippen LogP contribution in [0.15, 0.2) is 46.4 Å². The van der Waals surface area contributed by atoms with Crippen LogP contribution in [-0.2, 0) is 6.42 Å². The number of rotatable bonds is 7. The lowest BCUT2D eigenvalue weighted by molar-refractivity contribution is -0.389. The van der Waals surface area contributed by atoms with Crippen molar-refractivity contribution >= 4 is 27.9 Å². The molecule has 10 heteroatoms. The van der Waals surface area contributed by atoms with Crippen molar-refractivity contribution in [1.29, 1.82) is 0 Å². The third-order valence-electron chi connectivity index (χ3n) is 4.03. The van der Waals surface area contributed by atoms with Gasteiger partial charge in [0.1, 0.15) is 12.2 Å². The van der Waals surface area contributed by atoms with Crippen molar-refractivity contribution in [3.8, 4) is 0 Å². The van der Waals surface area contributed by atoms with Crippen LogP contribution in [0.2, 0.25) is 0 Å². The van der Waals surface area contributed by atoms with Gasteiger partial charge in [0.25, 0.3) is 4.96 Å². The predicted molar refractivity (Wildman–Crippen MR) is 99.9 cm³/mol. The smallest absolute Gasteiger partial charge is 0.358 e. The largest absolute Gasteiger partial charge is 0.372 e. The Morgan fingerprint density at radius 2 is 2.15 bits per heavy atom. The Morgan fingerprint density at radius 1 is 1.33 bits per heavy atom. The second-order valence-corrected chi connectivity index (χ2v) is 6.75. The molecule has 4 aromatic rings. The van der Waals surface area contributed by atoms with Crippen LogP contribution in [-0.4, -0.2) is 24.4 Å². The van der Waals surface area contributed by atoms with E-state index in [0.29, 0.717) is 23.1 Å². The zero-order valence-corrected chi connectivity index (χ0v) is 15.2. The van der Waals surface area contributed by atoms with E-state index >= 15 is 0 Å². The molecule has 0 aliphatic heterocycles. The second kappa shape index (κ2) is 7.16. The molecule has 0 spiro atoms. The van der Waals surface area contributed by atoms with Crippen molar-refractivity contribution in [2.75, 3.05) is 5.32 Å². The molecule has 0 amide bonds. The summed E-state index contributed by atoms with van der Waals surface area (Å²) in [6.45, 7) is 2.03. The van der Waals surface area contributed by atoms with Crippen LogP contribution in [0.1, 0.15) is 36.7 Å². The van der Waals surface area contributed by atoms with Gasteiger partial charge in [-0.3, -0.25) is 0 Å². The molecular formula is C17H16N6O3S. The minimum absolute atomic E-state index is 0.121. The van der Waals surface area contributed by atoms with E-state index in [1.807, 2.05) is 37.3 Å². The Bertz CT molecular complexity index is 1070. The molecule has 1 atom stereocenters. The molecule has 3 aromatic heterocycles. The van der Waals surface area contributed by atoms with E-state index in [1.165, 1.54) is 15.7 Å². The highest BCUT2D eigenvalue weighted by Crippen LogP contribution is 2.32. The van der Waals surface area contributed by atoms with Crippen LogP contribution in [0.25, 0.3) is 4.96 Å². The maximum absolute atomic E-state index is 11.6. The molecule has 0 radical (unpaired) electrons. The Kier molecular flexibility index (Phi) is 4.55. The predicted octanol–water partition coefficient (Wildman–Crippen LogP) is 3.84. The third kappa shape index (κ3) is 3.26. The molecule has 1 N–H and O–H groups in total. The minimum atomic E-state index is -0.524. The average Bonchev–Trinajstić information content (AvgIpc) is 3.36. The maximum atomic E-state index is 11.6. The summed E-state index contributed by atoms with van der Waals surface area (Å²) in [4.78, 5) is 20.5. The molecule has 0 aliphatic carbocycles. The summed E-state index contributed by atoms with van der Waals surface area (Å²) in [7, 11) is 0. The van der Waals surface area contributed by atoms with Crippen LogP contribution in [0.5, 0.6) is 0 Å². The highest BCUT2D eigenvalue weighted by Gasteiger charge is 2.28. The lowest BCUT2D eigenvalue weighted by Gasteiger charge is -2.15. The summed E-state index contributed by atoms with van der Waals surface area (Å²) in [5.41, 5.74) is 0.854. The number of anilines is 1.